The lowest BCUT2D eigenvalue weighted by atomic mass is 9.59. The predicted molar refractivity (Wildman–Crippen MR) is 333 cm³/mol. The van der Waals surface area contributed by atoms with Crippen molar-refractivity contribution in [3.05, 3.63) is 304 Å². The lowest BCUT2D eigenvalue weighted by Gasteiger charge is -2.43. The Morgan fingerprint density at radius 1 is 0.244 bits per heavy atom. The first-order valence-electron chi connectivity index (χ1n) is 31.0. The molecule has 9 aromatic carbocycles. The molecule has 0 radical (unpaired) electrons. The van der Waals surface area contributed by atoms with E-state index in [0.717, 1.165) is 59.8 Å². The first kappa shape index (κ1) is 50.6. The summed E-state index contributed by atoms with van der Waals surface area (Å²) in [5.74, 6) is 18.2. The zero-order valence-corrected chi connectivity index (χ0v) is 47.5. The Morgan fingerprint density at radius 3 is 0.707 bits per heavy atom. The average molecular weight is 1060 g/mol. The van der Waals surface area contributed by atoms with E-state index in [4.69, 9.17) is 9.47 Å². The van der Waals surface area contributed by atoms with Gasteiger partial charge in [-0.15, -0.1) is 0 Å². The smallest absolute Gasteiger partial charge is 0.123 e. The minimum Gasteiger partial charge on any atom is -0.493 e. The summed E-state index contributed by atoms with van der Waals surface area (Å²) in [6, 6.07) is 68.5. The first-order chi connectivity index (χ1) is 40.7. The first-order valence-corrected chi connectivity index (χ1v) is 31.0. The number of ether oxygens (including phenoxy) is 2. The quantitative estimate of drug-likeness (QED) is 0.0709. The summed E-state index contributed by atoms with van der Waals surface area (Å²) in [5.41, 5.74) is 28.8. The van der Waals surface area contributed by atoms with E-state index in [0.29, 0.717) is 0 Å². The molecule has 82 heavy (non-hydrogen) atoms. The zero-order chi connectivity index (χ0) is 54.7. The maximum Gasteiger partial charge on any atom is 0.123 e. The molecule has 0 atom stereocenters. The molecule has 0 saturated carbocycles. The van der Waals surface area contributed by atoms with Crippen LogP contribution in [-0.2, 0) is 0 Å². The topological polar surface area (TPSA) is 18.5 Å². The third-order valence-electron chi connectivity index (χ3n) is 19.4. The van der Waals surface area contributed by atoms with Gasteiger partial charge in [-0.3, -0.25) is 0 Å². The van der Waals surface area contributed by atoms with Crippen LogP contribution in [0.2, 0.25) is 0 Å². The monoisotopic (exact) mass is 1060 g/mol. The van der Waals surface area contributed by atoms with Gasteiger partial charge in [0.2, 0.25) is 0 Å². The van der Waals surface area contributed by atoms with Crippen LogP contribution >= 0.6 is 0 Å². The van der Waals surface area contributed by atoms with Crippen molar-refractivity contribution in [3.8, 4) is 35.2 Å². The van der Waals surface area contributed by atoms with E-state index in [-0.39, 0.29) is 35.5 Å². The minimum absolute atomic E-state index is 0.0273. The molecule has 9 aliphatic rings. The summed E-state index contributed by atoms with van der Waals surface area (Å²) in [4.78, 5) is 0. The molecule has 6 bridgehead atoms. The number of hydrogen-bond acceptors (Lipinski definition) is 2. The third-order valence-corrected chi connectivity index (χ3v) is 19.4. The summed E-state index contributed by atoms with van der Waals surface area (Å²) in [7, 11) is 0. The molecule has 402 valence electrons. The van der Waals surface area contributed by atoms with Crippen molar-refractivity contribution in [2.45, 2.75) is 126 Å². The van der Waals surface area contributed by atoms with Gasteiger partial charge in [-0.1, -0.05) is 247 Å². The largest absolute Gasteiger partial charge is 0.493 e. The van der Waals surface area contributed by atoms with Crippen LogP contribution in [0, 0.1) is 23.7 Å². The van der Waals surface area contributed by atoms with Crippen LogP contribution in [0.1, 0.15) is 249 Å². The van der Waals surface area contributed by atoms with Crippen LogP contribution in [0.5, 0.6) is 11.5 Å². The SMILES string of the molecule is CCCCCCCCOc1ccc(C#Cc2ccc(C#Cc3ccc(OCCCCCCCC)c4c3C3c5ccccc5C4c4ccccc43)c3c2C2c4ccccc4C3c3ccccc32)c2c1C1c3ccccc3C2c2ccccc21. The van der Waals surface area contributed by atoms with Gasteiger partial charge in [0, 0.05) is 68.9 Å². The van der Waals surface area contributed by atoms with E-state index in [2.05, 4.69) is 220 Å². The summed E-state index contributed by atoms with van der Waals surface area (Å²) in [6.07, 6.45) is 14.8. The van der Waals surface area contributed by atoms with E-state index in [9.17, 15) is 0 Å². The molecule has 0 amide bonds. The van der Waals surface area contributed by atoms with Crippen LogP contribution in [0.4, 0.5) is 0 Å². The number of rotatable bonds is 16. The molecule has 0 aliphatic heterocycles. The zero-order valence-electron chi connectivity index (χ0n) is 47.5. The van der Waals surface area contributed by atoms with Crippen molar-refractivity contribution in [1.82, 2.24) is 0 Å². The summed E-state index contributed by atoms with van der Waals surface area (Å²) in [6.45, 7) is 6.02. The molecule has 2 nitrogen and oxygen atoms in total. The fourth-order valence-corrected chi connectivity index (χ4v) is 15.9. The Labute approximate surface area is 486 Å². The number of hydrogen-bond donors (Lipinski definition) is 0. The van der Waals surface area contributed by atoms with Crippen molar-refractivity contribution < 1.29 is 9.47 Å². The maximum atomic E-state index is 6.90. The van der Waals surface area contributed by atoms with Crippen LogP contribution in [0.25, 0.3) is 0 Å². The average Bonchev–Trinajstić information content (AvgIpc) is 1.88. The third kappa shape index (κ3) is 8.23. The Morgan fingerprint density at radius 2 is 0.451 bits per heavy atom. The second-order valence-electron chi connectivity index (χ2n) is 24.0. The van der Waals surface area contributed by atoms with Gasteiger partial charge < -0.3 is 9.47 Å². The van der Waals surface area contributed by atoms with Gasteiger partial charge in [-0.05, 0) is 138 Å². The summed E-state index contributed by atoms with van der Waals surface area (Å²) in [5, 5.41) is 0. The molecular weight excluding hydrogens is 993 g/mol. The summed E-state index contributed by atoms with van der Waals surface area (Å²) < 4.78 is 13.8. The molecule has 2 heteroatoms. The lowest BCUT2D eigenvalue weighted by molar-refractivity contribution is 0.300. The molecule has 0 spiro atoms. The molecule has 0 aromatic heterocycles. The van der Waals surface area contributed by atoms with Crippen molar-refractivity contribution in [2.75, 3.05) is 13.2 Å². The van der Waals surface area contributed by atoms with E-state index < -0.39 is 0 Å². The second-order valence-corrected chi connectivity index (χ2v) is 24.0. The highest BCUT2D eigenvalue weighted by molar-refractivity contribution is 5.78. The van der Waals surface area contributed by atoms with Gasteiger partial charge in [0.15, 0.2) is 0 Å². The van der Waals surface area contributed by atoms with Gasteiger partial charge in [-0.2, -0.15) is 0 Å². The van der Waals surface area contributed by atoms with E-state index in [1.54, 1.807) is 0 Å². The Balaban J connectivity index is 0.867. The van der Waals surface area contributed by atoms with E-state index in [1.807, 2.05) is 0 Å². The van der Waals surface area contributed by atoms with Crippen molar-refractivity contribution in [1.29, 1.82) is 0 Å². The molecular formula is C80H70O2. The molecule has 9 aliphatic carbocycles. The van der Waals surface area contributed by atoms with Crippen LogP contribution < -0.4 is 9.47 Å². The molecule has 0 unspecified atom stereocenters. The lowest BCUT2D eigenvalue weighted by Crippen LogP contribution is -2.29. The molecule has 0 heterocycles. The number of unbranched alkanes of at least 4 members (excludes halogenated alkanes) is 10. The Hall–Kier alpha value is -8.30. The normalized spacial score (nSPS) is 18.6. The molecule has 9 aromatic rings. The maximum absolute atomic E-state index is 6.90. The highest BCUT2D eigenvalue weighted by Crippen LogP contribution is 2.61. The van der Waals surface area contributed by atoms with Crippen molar-refractivity contribution >= 4 is 0 Å². The van der Waals surface area contributed by atoms with Gasteiger partial charge in [0.25, 0.3) is 0 Å². The van der Waals surface area contributed by atoms with Crippen molar-refractivity contribution in [3.63, 3.8) is 0 Å². The van der Waals surface area contributed by atoms with Gasteiger partial charge in [0.1, 0.15) is 11.5 Å². The predicted octanol–water partition coefficient (Wildman–Crippen LogP) is 18.9. The highest BCUT2D eigenvalue weighted by atomic mass is 16.5. The van der Waals surface area contributed by atoms with Crippen LogP contribution in [-0.4, -0.2) is 13.2 Å². The summed E-state index contributed by atoms with van der Waals surface area (Å²) >= 11 is 0. The molecule has 0 fully saturated rings. The van der Waals surface area contributed by atoms with Crippen molar-refractivity contribution in [2.24, 2.45) is 0 Å². The van der Waals surface area contributed by atoms with Gasteiger partial charge >= 0.3 is 0 Å². The van der Waals surface area contributed by atoms with E-state index in [1.165, 1.54) is 164 Å². The minimum atomic E-state index is 0.0273. The molecule has 18 rings (SSSR count). The highest BCUT2D eigenvalue weighted by Gasteiger charge is 2.47. The van der Waals surface area contributed by atoms with Crippen LogP contribution in [0.15, 0.2) is 182 Å². The second kappa shape index (κ2) is 21.5. The standard InChI is InChI=1S/C80H70O2/c1-3-5-7-9-11-25-49-81-67-47-45-53(71-75-59-31-17-21-35-63(59)77(79(67)71)64-36-22-18-32-60(64)75)43-41-51-39-40-52(70-69(51)73-55-27-13-15-29-57(55)74(70)58-30-16-14-28-56(58)73)42-44-54-46-48-68(82-50-26-12-10-8-6-4-2)80-72(54)76-61-33-19-23-37-65(61)78(80)66-38-24-20-34-62(66)76/h13-24,27-40,45-48,73-78H,3-12,25-26,49-50H2,1-2H3. The van der Waals surface area contributed by atoms with Crippen LogP contribution in [0.3, 0.4) is 0 Å². The van der Waals surface area contributed by atoms with Gasteiger partial charge in [0.05, 0.1) is 13.2 Å². The molecule has 0 saturated heterocycles. The van der Waals surface area contributed by atoms with E-state index >= 15 is 0 Å². The fraction of sp³-hybridized carbons (Fsp3) is 0.275. The number of benzene rings is 9. The van der Waals surface area contributed by atoms with Gasteiger partial charge in [-0.25, -0.2) is 0 Å². The molecule has 0 N–H and O–H groups in total. The Kier molecular flexibility index (Phi) is 13.3. The fourth-order valence-electron chi connectivity index (χ4n) is 15.9. The Bertz CT molecular complexity index is 3700.